The van der Waals surface area contributed by atoms with Crippen LogP contribution in [0.15, 0.2) is 69.8 Å². The quantitative estimate of drug-likeness (QED) is 0.525. The fourth-order valence-electron chi connectivity index (χ4n) is 3.72. The van der Waals surface area contributed by atoms with E-state index in [0.29, 0.717) is 20.6 Å². The van der Waals surface area contributed by atoms with E-state index in [2.05, 4.69) is 9.98 Å². The molecule has 33 heavy (non-hydrogen) atoms. The molecule has 0 amide bonds. The Bertz CT molecular complexity index is 1370. The first-order valence-corrected chi connectivity index (χ1v) is 11.6. The number of rotatable bonds is 6. The van der Waals surface area contributed by atoms with Crippen LogP contribution < -0.4 is 19.6 Å². The van der Waals surface area contributed by atoms with Crippen molar-refractivity contribution < 1.29 is 14.3 Å². The molecule has 0 saturated heterocycles. The third-order valence-electron chi connectivity index (χ3n) is 5.09. The molecule has 0 aliphatic carbocycles. The fraction of sp³-hybridized carbons (Fsp3) is 0.280. The predicted octanol–water partition coefficient (Wildman–Crippen LogP) is 2.98. The lowest BCUT2D eigenvalue weighted by Gasteiger charge is -2.25. The molecule has 1 aliphatic rings. The SMILES string of the molecule is CCOC(=O)C1=C(C)N=c2s/c(=C\c3ccncc3)c(=O)n2C1c1ccc(OC(C)C)cc1. The summed E-state index contributed by atoms with van der Waals surface area (Å²) in [6, 6.07) is 10.5. The van der Waals surface area contributed by atoms with E-state index in [1.54, 1.807) is 30.8 Å². The molecule has 8 heteroatoms. The van der Waals surface area contributed by atoms with Crippen molar-refractivity contribution in [2.75, 3.05) is 6.61 Å². The first-order valence-electron chi connectivity index (χ1n) is 10.8. The van der Waals surface area contributed by atoms with Crippen LogP contribution in [-0.2, 0) is 9.53 Å². The van der Waals surface area contributed by atoms with Gasteiger partial charge in [0.1, 0.15) is 5.75 Å². The van der Waals surface area contributed by atoms with Crippen molar-refractivity contribution in [2.24, 2.45) is 4.99 Å². The van der Waals surface area contributed by atoms with E-state index in [1.807, 2.05) is 56.3 Å². The third-order valence-corrected chi connectivity index (χ3v) is 6.07. The summed E-state index contributed by atoms with van der Waals surface area (Å²) >= 11 is 1.29. The topological polar surface area (TPSA) is 82.8 Å². The van der Waals surface area contributed by atoms with E-state index in [0.717, 1.165) is 16.9 Å². The Labute approximate surface area is 195 Å². The number of ether oxygens (including phenoxy) is 2. The number of nitrogens with zero attached hydrogens (tertiary/aromatic N) is 3. The predicted molar refractivity (Wildman–Crippen MR) is 127 cm³/mol. The van der Waals surface area contributed by atoms with Gasteiger partial charge in [-0.25, -0.2) is 9.79 Å². The molecular formula is C25H25N3O4S. The summed E-state index contributed by atoms with van der Waals surface area (Å²) in [5.74, 6) is 0.243. The van der Waals surface area contributed by atoms with E-state index in [9.17, 15) is 9.59 Å². The lowest BCUT2D eigenvalue weighted by atomic mass is 9.96. The first-order chi connectivity index (χ1) is 15.9. The minimum atomic E-state index is -0.645. The van der Waals surface area contributed by atoms with Crippen molar-refractivity contribution in [3.8, 4) is 5.75 Å². The van der Waals surface area contributed by atoms with Gasteiger partial charge in [0.2, 0.25) is 0 Å². The van der Waals surface area contributed by atoms with E-state index < -0.39 is 12.0 Å². The van der Waals surface area contributed by atoms with Crippen LogP contribution in [0.25, 0.3) is 6.08 Å². The molecule has 1 unspecified atom stereocenters. The monoisotopic (exact) mass is 463 g/mol. The van der Waals surface area contributed by atoms with Gasteiger partial charge >= 0.3 is 5.97 Å². The number of thiazole rings is 1. The zero-order valence-corrected chi connectivity index (χ0v) is 19.8. The number of allylic oxidation sites excluding steroid dienone is 1. The standard InChI is InChI=1S/C25H25N3O4S/c1-5-31-24(30)21-16(4)27-25-28(22(21)18-6-8-19(9-7-18)32-15(2)3)23(29)20(33-25)14-17-10-12-26-13-11-17/h6-15,22H,5H2,1-4H3/b20-14-. The van der Waals surface area contributed by atoms with Crippen LogP contribution in [0.5, 0.6) is 5.75 Å². The summed E-state index contributed by atoms with van der Waals surface area (Å²) in [4.78, 5) is 35.6. The highest BCUT2D eigenvalue weighted by Crippen LogP contribution is 2.31. The number of carbonyl (C=O) groups excluding carboxylic acids is 1. The van der Waals surface area contributed by atoms with Gasteiger partial charge in [0.05, 0.1) is 34.6 Å². The molecule has 1 aliphatic heterocycles. The van der Waals surface area contributed by atoms with Crippen molar-refractivity contribution in [3.05, 3.63) is 90.9 Å². The van der Waals surface area contributed by atoms with Crippen molar-refractivity contribution in [2.45, 2.75) is 39.8 Å². The van der Waals surface area contributed by atoms with E-state index in [-0.39, 0.29) is 18.3 Å². The number of esters is 1. The van der Waals surface area contributed by atoms with Crippen molar-refractivity contribution in [3.63, 3.8) is 0 Å². The highest BCUT2D eigenvalue weighted by atomic mass is 32.1. The Balaban J connectivity index is 1.90. The number of pyridine rings is 1. The maximum atomic E-state index is 13.5. The summed E-state index contributed by atoms with van der Waals surface area (Å²) < 4.78 is 13.2. The Hall–Kier alpha value is -3.52. The molecule has 3 heterocycles. The van der Waals surface area contributed by atoms with Crippen molar-refractivity contribution in [1.29, 1.82) is 0 Å². The highest BCUT2D eigenvalue weighted by Gasteiger charge is 2.33. The molecule has 0 radical (unpaired) electrons. The Morgan fingerprint density at radius 2 is 1.88 bits per heavy atom. The lowest BCUT2D eigenvalue weighted by molar-refractivity contribution is -0.139. The number of hydrogen-bond acceptors (Lipinski definition) is 7. The van der Waals surface area contributed by atoms with E-state index >= 15 is 0 Å². The maximum absolute atomic E-state index is 13.5. The first kappa shape index (κ1) is 22.7. The third kappa shape index (κ3) is 4.66. The molecule has 1 atom stereocenters. The van der Waals surface area contributed by atoms with Gasteiger partial charge in [0, 0.05) is 12.4 Å². The lowest BCUT2D eigenvalue weighted by Crippen LogP contribution is -2.39. The van der Waals surface area contributed by atoms with Crippen LogP contribution in [0.4, 0.5) is 0 Å². The molecule has 1 aromatic carbocycles. The van der Waals surface area contributed by atoms with E-state index in [4.69, 9.17) is 9.47 Å². The molecule has 0 bridgehead atoms. The summed E-state index contributed by atoms with van der Waals surface area (Å²) in [7, 11) is 0. The molecule has 170 valence electrons. The number of fused-ring (bicyclic) bond motifs is 1. The fourth-order valence-corrected chi connectivity index (χ4v) is 4.77. The molecule has 2 aromatic heterocycles. The highest BCUT2D eigenvalue weighted by molar-refractivity contribution is 7.07. The average molecular weight is 464 g/mol. The van der Waals surface area contributed by atoms with Gasteiger partial charge < -0.3 is 9.47 Å². The van der Waals surface area contributed by atoms with Crippen LogP contribution in [0.2, 0.25) is 0 Å². The number of aromatic nitrogens is 2. The molecule has 0 N–H and O–H groups in total. The van der Waals surface area contributed by atoms with Gasteiger partial charge in [-0.15, -0.1) is 0 Å². The van der Waals surface area contributed by atoms with Crippen LogP contribution in [0.1, 0.15) is 44.9 Å². The average Bonchev–Trinajstić information content (AvgIpc) is 3.08. The van der Waals surface area contributed by atoms with Gasteiger partial charge in [-0.3, -0.25) is 14.3 Å². The van der Waals surface area contributed by atoms with Gasteiger partial charge in [-0.1, -0.05) is 23.5 Å². The normalized spacial score (nSPS) is 15.9. The van der Waals surface area contributed by atoms with Crippen molar-refractivity contribution in [1.82, 2.24) is 9.55 Å². The molecule has 4 rings (SSSR count). The largest absolute Gasteiger partial charge is 0.491 e. The second-order valence-electron chi connectivity index (χ2n) is 7.82. The number of hydrogen-bond donors (Lipinski definition) is 0. The van der Waals surface area contributed by atoms with Crippen LogP contribution in [0.3, 0.4) is 0 Å². The Morgan fingerprint density at radius 1 is 1.18 bits per heavy atom. The summed E-state index contributed by atoms with van der Waals surface area (Å²) in [5.41, 5.74) is 2.33. The van der Waals surface area contributed by atoms with Crippen LogP contribution in [0, 0.1) is 0 Å². The smallest absolute Gasteiger partial charge is 0.338 e. The number of benzene rings is 1. The van der Waals surface area contributed by atoms with Gasteiger partial charge in [0.15, 0.2) is 4.80 Å². The molecule has 3 aromatic rings. The van der Waals surface area contributed by atoms with Gasteiger partial charge in [-0.2, -0.15) is 0 Å². The summed E-state index contributed by atoms with van der Waals surface area (Å²) in [6.45, 7) is 7.68. The maximum Gasteiger partial charge on any atom is 0.338 e. The van der Waals surface area contributed by atoms with Crippen LogP contribution >= 0.6 is 11.3 Å². The summed E-state index contributed by atoms with van der Waals surface area (Å²) in [6.07, 6.45) is 5.20. The Morgan fingerprint density at radius 3 is 2.52 bits per heavy atom. The molecule has 0 fully saturated rings. The zero-order valence-electron chi connectivity index (χ0n) is 18.9. The molecule has 0 spiro atoms. The minimum Gasteiger partial charge on any atom is -0.491 e. The molecule has 0 saturated carbocycles. The number of carbonyl (C=O) groups is 1. The van der Waals surface area contributed by atoms with E-state index in [1.165, 1.54) is 11.3 Å². The van der Waals surface area contributed by atoms with Crippen LogP contribution in [-0.4, -0.2) is 28.2 Å². The van der Waals surface area contributed by atoms with Gasteiger partial charge in [0.25, 0.3) is 5.56 Å². The second kappa shape index (κ2) is 9.54. The van der Waals surface area contributed by atoms with Crippen molar-refractivity contribution >= 4 is 23.4 Å². The van der Waals surface area contributed by atoms with Gasteiger partial charge in [-0.05, 0) is 69.2 Å². The zero-order chi connectivity index (χ0) is 23.5. The molecular weight excluding hydrogens is 438 g/mol. The minimum absolute atomic E-state index is 0.0407. The summed E-state index contributed by atoms with van der Waals surface area (Å²) in [5, 5.41) is 0. The Kier molecular flexibility index (Phi) is 6.55. The molecule has 7 nitrogen and oxygen atoms in total. The second-order valence-corrected chi connectivity index (χ2v) is 8.83.